The van der Waals surface area contributed by atoms with Gasteiger partial charge in [0, 0.05) is 17.5 Å². The van der Waals surface area contributed by atoms with Gasteiger partial charge in [0.15, 0.2) is 0 Å². The van der Waals surface area contributed by atoms with E-state index >= 15 is 0 Å². The zero-order valence-corrected chi connectivity index (χ0v) is 19.3. The van der Waals surface area contributed by atoms with Crippen molar-refractivity contribution in [2.24, 2.45) is 0 Å². The molecule has 34 heavy (non-hydrogen) atoms. The number of hydrogen-bond acceptors (Lipinski definition) is 3. The number of aryl methyl sites for hydroxylation is 2. The average molecular weight is 491 g/mol. The van der Waals surface area contributed by atoms with Gasteiger partial charge in [-0.2, -0.15) is 18.3 Å². The number of alkyl halides is 3. The number of aromatic nitrogens is 2. The zero-order chi connectivity index (χ0) is 25.0. The van der Waals surface area contributed by atoms with Crippen LogP contribution in [0.5, 0.6) is 0 Å². The summed E-state index contributed by atoms with van der Waals surface area (Å²) in [5.74, 6) is -0.864. The lowest BCUT2D eigenvalue weighted by Crippen LogP contribution is -2.25. The van der Waals surface area contributed by atoms with Crippen molar-refractivity contribution in [1.82, 2.24) is 9.78 Å². The summed E-state index contributed by atoms with van der Waals surface area (Å²) >= 11 is 6.26. The molecule has 2 N–H and O–H groups in total. The second kappa shape index (κ2) is 10.1. The van der Waals surface area contributed by atoms with Gasteiger partial charge in [-0.1, -0.05) is 23.7 Å². The summed E-state index contributed by atoms with van der Waals surface area (Å²) in [5, 5.41) is 9.83. The molecule has 3 aromatic rings. The van der Waals surface area contributed by atoms with E-state index in [4.69, 9.17) is 11.6 Å². The van der Waals surface area contributed by atoms with Crippen molar-refractivity contribution < 1.29 is 22.8 Å². The third kappa shape index (κ3) is 6.26. The predicted molar refractivity (Wildman–Crippen MR) is 126 cm³/mol. The van der Waals surface area contributed by atoms with Gasteiger partial charge in [-0.3, -0.25) is 14.3 Å². The first-order valence-electron chi connectivity index (χ1n) is 10.2. The molecule has 1 aromatic heterocycles. The highest BCUT2D eigenvalue weighted by atomic mass is 35.5. The van der Waals surface area contributed by atoms with Gasteiger partial charge in [-0.25, -0.2) is 0 Å². The molecular formula is C24H22ClF3N4O2. The molecule has 0 aliphatic carbocycles. The maximum absolute atomic E-state index is 12.8. The Bertz CT molecular complexity index is 1250. The molecule has 1 heterocycles. The lowest BCUT2D eigenvalue weighted by atomic mass is 10.1. The Morgan fingerprint density at radius 1 is 1.09 bits per heavy atom. The third-order valence-corrected chi connectivity index (χ3v) is 5.24. The van der Waals surface area contributed by atoms with Crippen LogP contribution < -0.4 is 10.6 Å². The largest absolute Gasteiger partial charge is 0.416 e. The molecule has 0 aliphatic heterocycles. The fraction of sp³-hybridized carbons (Fsp3) is 0.208. The van der Waals surface area contributed by atoms with Crippen molar-refractivity contribution in [2.45, 2.75) is 33.0 Å². The van der Waals surface area contributed by atoms with Crippen LogP contribution in [0.25, 0.3) is 6.08 Å². The third-order valence-electron chi connectivity index (χ3n) is 4.93. The topological polar surface area (TPSA) is 76.0 Å². The van der Waals surface area contributed by atoms with Gasteiger partial charge in [0.25, 0.3) is 0 Å². The summed E-state index contributed by atoms with van der Waals surface area (Å²) in [7, 11) is 0. The van der Waals surface area contributed by atoms with E-state index in [0.29, 0.717) is 11.4 Å². The Labute approximate surface area is 199 Å². The van der Waals surface area contributed by atoms with E-state index < -0.39 is 23.7 Å². The molecule has 1 atom stereocenters. The van der Waals surface area contributed by atoms with Crippen LogP contribution in [-0.4, -0.2) is 21.6 Å². The van der Waals surface area contributed by atoms with Crippen molar-refractivity contribution >= 4 is 40.9 Å². The fourth-order valence-electron chi connectivity index (χ4n) is 3.26. The first kappa shape index (κ1) is 25.0. The molecule has 10 heteroatoms. The standard InChI is InChI=1S/C24H22ClF3N4O2/c1-14-11-15(2)32(31-14)16(3)23(34)30-21-9-8-19(13-20(21)25)29-22(33)10-7-17-5-4-6-18(12-17)24(26,27)28/h4-13,16H,1-3H3,(H,29,33)(H,30,34)/b10-7+. The number of nitrogens with zero attached hydrogens (tertiary/aromatic N) is 2. The van der Waals surface area contributed by atoms with E-state index in [1.165, 1.54) is 24.3 Å². The predicted octanol–water partition coefficient (Wildman–Crippen LogP) is 6.02. The van der Waals surface area contributed by atoms with Crippen LogP contribution in [0, 0.1) is 13.8 Å². The summed E-state index contributed by atoms with van der Waals surface area (Å²) in [6.45, 7) is 5.41. The van der Waals surface area contributed by atoms with Gasteiger partial charge < -0.3 is 10.6 Å². The van der Waals surface area contributed by atoms with Crippen LogP contribution in [0.15, 0.2) is 54.6 Å². The lowest BCUT2D eigenvalue weighted by Gasteiger charge is -2.15. The van der Waals surface area contributed by atoms with Crippen molar-refractivity contribution in [3.63, 3.8) is 0 Å². The van der Waals surface area contributed by atoms with Gasteiger partial charge >= 0.3 is 6.18 Å². The molecule has 2 aromatic carbocycles. The van der Waals surface area contributed by atoms with E-state index in [0.717, 1.165) is 29.6 Å². The van der Waals surface area contributed by atoms with Crippen molar-refractivity contribution in [1.29, 1.82) is 0 Å². The lowest BCUT2D eigenvalue weighted by molar-refractivity contribution is -0.137. The Morgan fingerprint density at radius 3 is 2.44 bits per heavy atom. The summed E-state index contributed by atoms with van der Waals surface area (Å²) in [6.07, 6.45) is -2.07. The van der Waals surface area contributed by atoms with Crippen LogP contribution in [0.2, 0.25) is 5.02 Å². The summed E-state index contributed by atoms with van der Waals surface area (Å²) in [6, 6.07) is 10.5. The minimum Gasteiger partial charge on any atom is -0.323 e. The average Bonchev–Trinajstić information content (AvgIpc) is 3.11. The summed E-state index contributed by atoms with van der Waals surface area (Å²) in [4.78, 5) is 24.8. The Morgan fingerprint density at radius 2 is 1.82 bits per heavy atom. The highest BCUT2D eigenvalue weighted by Gasteiger charge is 2.30. The number of carbonyl (C=O) groups is 2. The number of carbonyl (C=O) groups excluding carboxylic acids is 2. The number of hydrogen-bond donors (Lipinski definition) is 2. The van der Waals surface area contributed by atoms with Crippen molar-refractivity contribution in [2.75, 3.05) is 10.6 Å². The molecule has 6 nitrogen and oxygen atoms in total. The monoisotopic (exact) mass is 490 g/mol. The first-order chi connectivity index (χ1) is 15.9. The van der Waals surface area contributed by atoms with Crippen LogP contribution >= 0.6 is 11.6 Å². The van der Waals surface area contributed by atoms with Gasteiger partial charge in [-0.15, -0.1) is 0 Å². The van der Waals surface area contributed by atoms with Gasteiger partial charge in [0.1, 0.15) is 6.04 Å². The fourth-order valence-corrected chi connectivity index (χ4v) is 3.48. The van der Waals surface area contributed by atoms with Crippen molar-refractivity contribution in [3.05, 3.63) is 82.1 Å². The van der Waals surface area contributed by atoms with Crippen LogP contribution in [-0.2, 0) is 15.8 Å². The molecule has 178 valence electrons. The number of benzene rings is 2. The molecule has 2 amide bonds. The normalized spacial score (nSPS) is 12.6. The highest BCUT2D eigenvalue weighted by Crippen LogP contribution is 2.30. The van der Waals surface area contributed by atoms with Gasteiger partial charge in [-0.05, 0) is 68.8 Å². The number of halogens is 4. The molecule has 0 bridgehead atoms. The Hall–Kier alpha value is -3.59. The number of amides is 2. The molecule has 0 saturated carbocycles. The van der Waals surface area contributed by atoms with Crippen LogP contribution in [0.4, 0.5) is 24.5 Å². The molecule has 0 fully saturated rings. The zero-order valence-electron chi connectivity index (χ0n) is 18.6. The Balaban J connectivity index is 1.63. The first-order valence-corrected chi connectivity index (χ1v) is 10.6. The van der Waals surface area contributed by atoms with Gasteiger partial charge in [0.2, 0.25) is 11.8 Å². The van der Waals surface area contributed by atoms with E-state index in [9.17, 15) is 22.8 Å². The molecule has 0 radical (unpaired) electrons. The second-order valence-electron chi connectivity index (χ2n) is 7.68. The Kier molecular flexibility index (Phi) is 7.46. The maximum Gasteiger partial charge on any atom is 0.416 e. The molecule has 0 saturated heterocycles. The molecule has 0 aliphatic rings. The van der Waals surface area contributed by atoms with Gasteiger partial charge in [0.05, 0.1) is 22.0 Å². The number of nitrogens with one attached hydrogen (secondary N) is 2. The highest BCUT2D eigenvalue weighted by molar-refractivity contribution is 6.34. The van der Waals surface area contributed by atoms with E-state index in [1.807, 2.05) is 19.9 Å². The number of anilines is 2. The summed E-state index contributed by atoms with van der Waals surface area (Å²) in [5.41, 5.74) is 1.80. The van der Waals surface area contributed by atoms with Crippen LogP contribution in [0.1, 0.15) is 35.5 Å². The molecule has 3 rings (SSSR count). The van der Waals surface area contributed by atoms with E-state index in [1.54, 1.807) is 23.7 Å². The van der Waals surface area contributed by atoms with E-state index in [-0.39, 0.29) is 16.5 Å². The second-order valence-corrected chi connectivity index (χ2v) is 8.08. The minimum atomic E-state index is -4.46. The number of rotatable bonds is 6. The molecule has 1 unspecified atom stereocenters. The smallest absolute Gasteiger partial charge is 0.323 e. The van der Waals surface area contributed by atoms with Crippen molar-refractivity contribution in [3.8, 4) is 0 Å². The molecule has 0 spiro atoms. The minimum absolute atomic E-state index is 0.202. The maximum atomic E-state index is 12.8. The SMILES string of the molecule is Cc1cc(C)n(C(C)C(=O)Nc2ccc(NC(=O)/C=C/c3cccc(C(F)(F)F)c3)cc2Cl)n1. The van der Waals surface area contributed by atoms with Crippen LogP contribution in [0.3, 0.4) is 0 Å². The quantitative estimate of drug-likeness (QED) is 0.415. The molecular weight excluding hydrogens is 469 g/mol. The summed E-state index contributed by atoms with van der Waals surface area (Å²) < 4.78 is 40.0. The van der Waals surface area contributed by atoms with E-state index in [2.05, 4.69) is 15.7 Å².